The molecule has 0 radical (unpaired) electrons. The van der Waals surface area contributed by atoms with E-state index in [-0.39, 0.29) is 5.60 Å². The molecular formula is C10H14O4. The summed E-state index contributed by atoms with van der Waals surface area (Å²) in [5.41, 5.74) is -0.283. The van der Waals surface area contributed by atoms with Gasteiger partial charge in [-0.15, -0.1) is 0 Å². The molecule has 0 amide bonds. The third kappa shape index (κ3) is 3.20. The predicted octanol–water partition coefficient (Wildman–Crippen LogP) is 1.50. The largest absolute Gasteiger partial charge is 0.478 e. The maximum Gasteiger partial charge on any atom is 0.331 e. The van der Waals surface area contributed by atoms with Gasteiger partial charge in [-0.3, -0.25) is 0 Å². The molecule has 0 aromatic carbocycles. The molecule has 0 heterocycles. The average molecular weight is 198 g/mol. The summed E-state index contributed by atoms with van der Waals surface area (Å²) >= 11 is 0. The molecule has 1 fully saturated rings. The van der Waals surface area contributed by atoms with Gasteiger partial charge in [0.2, 0.25) is 0 Å². The number of rotatable bonds is 5. The summed E-state index contributed by atoms with van der Waals surface area (Å²) in [5.74, 6) is -1.69. The van der Waals surface area contributed by atoms with Crippen molar-refractivity contribution >= 4 is 11.9 Å². The van der Waals surface area contributed by atoms with E-state index in [1.165, 1.54) is 0 Å². The monoisotopic (exact) mass is 198 g/mol. The van der Waals surface area contributed by atoms with Crippen LogP contribution in [0.2, 0.25) is 0 Å². The molecule has 1 aliphatic rings. The maximum absolute atomic E-state index is 11.1. The molecule has 4 heteroatoms. The highest BCUT2D eigenvalue weighted by Gasteiger charge is 2.45. The summed E-state index contributed by atoms with van der Waals surface area (Å²) < 4.78 is 5.15. The number of hydrogen-bond acceptors (Lipinski definition) is 3. The first-order valence-electron chi connectivity index (χ1n) is 4.72. The second kappa shape index (κ2) is 4.26. The molecule has 0 aromatic rings. The van der Waals surface area contributed by atoms with Crippen molar-refractivity contribution < 1.29 is 19.4 Å². The summed E-state index contributed by atoms with van der Waals surface area (Å²) in [4.78, 5) is 21.2. The number of carboxylic acids is 1. The zero-order valence-corrected chi connectivity index (χ0v) is 8.16. The fraction of sp³-hybridized carbons (Fsp3) is 0.600. The fourth-order valence-corrected chi connectivity index (χ4v) is 1.38. The van der Waals surface area contributed by atoms with Crippen LogP contribution in [0.5, 0.6) is 0 Å². The van der Waals surface area contributed by atoms with E-state index in [4.69, 9.17) is 9.84 Å². The topological polar surface area (TPSA) is 63.6 Å². The number of carboxylic acid groups (broad SMARTS) is 1. The normalized spacial score (nSPS) is 18.1. The zero-order valence-electron chi connectivity index (χ0n) is 8.16. The van der Waals surface area contributed by atoms with E-state index in [1.54, 1.807) is 0 Å². The Morgan fingerprint density at radius 3 is 2.50 bits per heavy atom. The molecule has 1 saturated carbocycles. The Morgan fingerprint density at radius 2 is 2.07 bits per heavy atom. The Balaban J connectivity index is 2.37. The second-order valence-electron chi connectivity index (χ2n) is 3.53. The second-order valence-corrected chi connectivity index (χ2v) is 3.53. The molecule has 0 unspecified atom stereocenters. The van der Waals surface area contributed by atoms with E-state index < -0.39 is 11.9 Å². The summed E-state index contributed by atoms with van der Waals surface area (Å²) in [5, 5.41) is 8.29. The van der Waals surface area contributed by atoms with Crippen molar-refractivity contribution in [1.82, 2.24) is 0 Å². The van der Waals surface area contributed by atoms with Crippen molar-refractivity contribution in [1.29, 1.82) is 0 Å². The Bertz CT molecular complexity index is 263. The van der Waals surface area contributed by atoms with Gasteiger partial charge in [-0.1, -0.05) is 13.3 Å². The van der Waals surface area contributed by atoms with Crippen LogP contribution in [0.25, 0.3) is 0 Å². The van der Waals surface area contributed by atoms with Crippen molar-refractivity contribution in [2.45, 2.75) is 38.2 Å². The molecule has 0 spiro atoms. The number of ether oxygens (including phenoxy) is 1. The third-order valence-electron chi connectivity index (χ3n) is 2.19. The molecule has 0 aliphatic heterocycles. The first-order valence-corrected chi connectivity index (χ1v) is 4.72. The van der Waals surface area contributed by atoms with Gasteiger partial charge in [0.05, 0.1) is 0 Å². The Hall–Kier alpha value is -1.32. The van der Waals surface area contributed by atoms with Crippen molar-refractivity contribution in [3.63, 3.8) is 0 Å². The van der Waals surface area contributed by atoms with E-state index in [1.807, 2.05) is 6.92 Å². The standard InChI is InChI=1S/C10H14O4/c1-2-5-10(6-7-10)14-9(13)4-3-8(11)12/h3-4H,2,5-7H2,1H3,(H,11,12). The number of hydrogen-bond donors (Lipinski definition) is 1. The van der Waals surface area contributed by atoms with Gasteiger partial charge < -0.3 is 9.84 Å². The smallest absolute Gasteiger partial charge is 0.331 e. The van der Waals surface area contributed by atoms with Crippen LogP contribution in [0.3, 0.4) is 0 Å². The highest BCUT2D eigenvalue weighted by atomic mass is 16.6. The zero-order chi connectivity index (χ0) is 10.6. The maximum atomic E-state index is 11.1. The average Bonchev–Trinajstić information content (AvgIpc) is 2.82. The van der Waals surface area contributed by atoms with Crippen molar-refractivity contribution in [3.8, 4) is 0 Å². The Kier molecular flexibility index (Phi) is 3.28. The third-order valence-corrected chi connectivity index (χ3v) is 2.19. The van der Waals surface area contributed by atoms with Gasteiger partial charge in [0.1, 0.15) is 5.60 Å². The summed E-state index contributed by atoms with van der Waals surface area (Å²) in [7, 11) is 0. The minimum atomic E-state index is -1.14. The summed E-state index contributed by atoms with van der Waals surface area (Å²) in [6, 6.07) is 0. The Morgan fingerprint density at radius 1 is 1.43 bits per heavy atom. The fourth-order valence-electron chi connectivity index (χ4n) is 1.38. The quantitative estimate of drug-likeness (QED) is 0.537. The van der Waals surface area contributed by atoms with Gasteiger partial charge in [-0.2, -0.15) is 0 Å². The van der Waals surface area contributed by atoms with E-state index >= 15 is 0 Å². The minimum Gasteiger partial charge on any atom is -0.478 e. The number of esters is 1. The van der Waals surface area contributed by atoms with E-state index in [0.29, 0.717) is 0 Å². The van der Waals surface area contributed by atoms with Crippen LogP contribution >= 0.6 is 0 Å². The molecule has 0 atom stereocenters. The van der Waals surface area contributed by atoms with Gasteiger partial charge in [-0.25, -0.2) is 9.59 Å². The van der Waals surface area contributed by atoms with Crippen LogP contribution in [0, 0.1) is 0 Å². The molecule has 0 aromatic heterocycles. The molecular weight excluding hydrogens is 184 g/mol. The van der Waals surface area contributed by atoms with Gasteiger partial charge in [-0.05, 0) is 19.3 Å². The van der Waals surface area contributed by atoms with Crippen LogP contribution in [-0.2, 0) is 14.3 Å². The molecule has 14 heavy (non-hydrogen) atoms. The summed E-state index contributed by atoms with van der Waals surface area (Å²) in [6.45, 7) is 2.03. The van der Waals surface area contributed by atoms with Gasteiger partial charge in [0, 0.05) is 12.2 Å². The molecule has 1 N–H and O–H groups in total. The van der Waals surface area contributed by atoms with Crippen molar-refractivity contribution in [2.24, 2.45) is 0 Å². The van der Waals surface area contributed by atoms with E-state index in [2.05, 4.69) is 0 Å². The molecule has 0 bridgehead atoms. The van der Waals surface area contributed by atoms with Crippen LogP contribution < -0.4 is 0 Å². The van der Waals surface area contributed by atoms with Gasteiger partial charge >= 0.3 is 11.9 Å². The molecule has 1 aliphatic carbocycles. The lowest BCUT2D eigenvalue weighted by Crippen LogP contribution is -2.17. The first-order chi connectivity index (χ1) is 6.58. The summed E-state index contributed by atoms with van der Waals surface area (Å²) in [6.07, 6.45) is 5.37. The lowest BCUT2D eigenvalue weighted by atomic mass is 10.2. The van der Waals surface area contributed by atoms with Gasteiger partial charge in [0.25, 0.3) is 0 Å². The molecule has 1 rings (SSSR count). The molecule has 78 valence electrons. The van der Waals surface area contributed by atoms with Gasteiger partial charge in [0.15, 0.2) is 0 Å². The minimum absolute atomic E-state index is 0.283. The number of carbonyl (C=O) groups excluding carboxylic acids is 1. The predicted molar refractivity (Wildman–Crippen MR) is 49.7 cm³/mol. The SMILES string of the molecule is CCCC1(OC(=O)C=CC(=O)O)CC1. The highest BCUT2D eigenvalue weighted by molar-refractivity contribution is 5.91. The molecule has 4 nitrogen and oxygen atoms in total. The number of carbonyl (C=O) groups is 2. The number of aliphatic carboxylic acids is 1. The highest BCUT2D eigenvalue weighted by Crippen LogP contribution is 2.43. The lowest BCUT2D eigenvalue weighted by Gasteiger charge is -2.13. The van der Waals surface area contributed by atoms with E-state index in [0.717, 1.165) is 37.8 Å². The van der Waals surface area contributed by atoms with Crippen molar-refractivity contribution in [3.05, 3.63) is 12.2 Å². The van der Waals surface area contributed by atoms with Crippen LogP contribution in [0.1, 0.15) is 32.6 Å². The lowest BCUT2D eigenvalue weighted by molar-refractivity contribution is -0.146. The van der Waals surface area contributed by atoms with Crippen molar-refractivity contribution in [2.75, 3.05) is 0 Å². The van der Waals surface area contributed by atoms with Crippen LogP contribution in [0.15, 0.2) is 12.2 Å². The Labute approximate surface area is 82.6 Å². The van der Waals surface area contributed by atoms with Crippen LogP contribution in [-0.4, -0.2) is 22.6 Å². The van der Waals surface area contributed by atoms with E-state index in [9.17, 15) is 9.59 Å². The molecule has 0 saturated heterocycles. The van der Waals surface area contributed by atoms with Crippen LogP contribution in [0.4, 0.5) is 0 Å². The first kappa shape index (κ1) is 10.8.